The fourth-order valence-corrected chi connectivity index (χ4v) is 2.33. The summed E-state index contributed by atoms with van der Waals surface area (Å²) in [5.41, 5.74) is 6.73. The maximum atomic E-state index is 6.12. The number of hydrogen-bond acceptors (Lipinski definition) is 2. The van der Waals surface area contributed by atoms with Crippen molar-refractivity contribution in [3.63, 3.8) is 0 Å². The van der Waals surface area contributed by atoms with E-state index in [9.17, 15) is 0 Å². The first-order valence-corrected chi connectivity index (χ1v) is 5.83. The molecule has 0 aromatic carbocycles. The summed E-state index contributed by atoms with van der Waals surface area (Å²) in [4.78, 5) is 4.41. The first-order chi connectivity index (χ1) is 7.09. The minimum Gasteiger partial charge on any atom is -0.328 e. The van der Waals surface area contributed by atoms with Gasteiger partial charge in [0.25, 0.3) is 0 Å². The van der Waals surface area contributed by atoms with Gasteiger partial charge >= 0.3 is 0 Å². The quantitative estimate of drug-likeness (QED) is 0.863. The molecule has 0 bridgehead atoms. The van der Waals surface area contributed by atoms with Crippen LogP contribution in [-0.4, -0.2) is 15.4 Å². The number of imidazole rings is 1. The van der Waals surface area contributed by atoms with E-state index >= 15 is 0 Å². The third-order valence-electron chi connectivity index (χ3n) is 2.14. The molecular weight excluding hydrogens is 277 g/mol. The maximum Gasteiger partial charge on any atom is 0.132 e. The zero-order chi connectivity index (χ0) is 11.0. The lowest BCUT2D eigenvalue weighted by Gasteiger charge is -2.05. The zero-order valence-electron chi connectivity index (χ0n) is 8.24. The number of nitrogens with zero attached hydrogens (tertiary/aromatic N) is 2. The highest BCUT2D eigenvalue weighted by atomic mass is 79.9. The van der Waals surface area contributed by atoms with Crippen molar-refractivity contribution in [3.8, 4) is 0 Å². The molecule has 2 rings (SSSR count). The van der Waals surface area contributed by atoms with Crippen LogP contribution in [0.25, 0.3) is 5.52 Å². The van der Waals surface area contributed by atoms with Gasteiger partial charge in [-0.25, -0.2) is 4.98 Å². The molecule has 0 saturated heterocycles. The molecule has 0 aliphatic heterocycles. The molecule has 2 aromatic heterocycles. The molecule has 2 aromatic rings. The van der Waals surface area contributed by atoms with E-state index in [0.717, 1.165) is 15.9 Å². The Balaban J connectivity index is 2.65. The number of pyridine rings is 1. The lowest BCUT2D eigenvalue weighted by atomic mass is 10.2. The number of nitrogens with two attached hydrogens (primary N) is 1. The van der Waals surface area contributed by atoms with Crippen LogP contribution in [0.4, 0.5) is 0 Å². The van der Waals surface area contributed by atoms with Crippen LogP contribution in [0.15, 0.2) is 22.8 Å². The Bertz CT molecular complexity index is 493. The Morgan fingerprint density at radius 1 is 1.60 bits per heavy atom. The highest BCUT2D eigenvalue weighted by Gasteiger charge is 2.12. The van der Waals surface area contributed by atoms with Crippen LogP contribution in [0.2, 0.25) is 5.15 Å². The minimum atomic E-state index is 0.0683. The van der Waals surface area contributed by atoms with Gasteiger partial charge in [0.2, 0.25) is 0 Å². The molecule has 15 heavy (non-hydrogen) atoms. The van der Waals surface area contributed by atoms with Gasteiger partial charge in [0.15, 0.2) is 0 Å². The number of rotatable bonds is 2. The van der Waals surface area contributed by atoms with Crippen molar-refractivity contribution in [1.29, 1.82) is 0 Å². The van der Waals surface area contributed by atoms with E-state index in [0.29, 0.717) is 11.6 Å². The predicted octanol–water partition coefficient (Wildman–Crippen LogP) is 2.64. The van der Waals surface area contributed by atoms with Crippen molar-refractivity contribution >= 4 is 33.0 Å². The fourth-order valence-electron chi connectivity index (χ4n) is 1.55. The SMILES string of the molecule is CC(N)Cc1nc(Br)c2cccc(Cl)n12. The molecule has 3 nitrogen and oxygen atoms in total. The van der Waals surface area contributed by atoms with E-state index in [-0.39, 0.29) is 6.04 Å². The predicted molar refractivity (Wildman–Crippen MR) is 65.3 cm³/mol. The highest BCUT2D eigenvalue weighted by Crippen LogP contribution is 2.23. The molecule has 2 N–H and O–H groups in total. The molecule has 1 atom stereocenters. The normalized spacial score (nSPS) is 13.3. The van der Waals surface area contributed by atoms with Crippen molar-refractivity contribution in [2.24, 2.45) is 5.73 Å². The second-order valence-electron chi connectivity index (χ2n) is 3.57. The third kappa shape index (κ3) is 2.02. The van der Waals surface area contributed by atoms with Gasteiger partial charge in [-0.1, -0.05) is 17.7 Å². The average Bonchev–Trinajstić information content (AvgIpc) is 2.44. The number of halogens is 2. The molecule has 0 aliphatic carbocycles. The first-order valence-electron chi connectivity index (χ1n) is 4.66. The second kappa shape index (κ2) is 4.12. The molecule has 0 amide bonds. The topological polar surface area (TPSA) is 43.3 Å². The van der Waals surface area contributed by atoms with Crippen molar-refractivity contribution in [2.45, 2.75) is 19.4 Å². The minimum absolute atomic E-state index is 0.0683. The van der Waals surface area contributed by atoms with Crippen molar-refractivity contribution in [1.82, 2.24) is 9.38 Å². The van der Waals surface area contributed by atoms with Crippen LogP contribution in [0, 0.1) is 0 Å². The van der Waals surface area contributed by atoms with E-state index in [1.165, 1.54) is 0 Å². The van der Waals surface area contributed by atoms with E-state index in [1.807, 2.05) is 29.5 Å². The summed E-state index contributed by atoms with van der Waals surface area (Å²) >= 11 is 9.53. The van der Waals surface area contributed by atoms with Crippen LogP contribution in [0.3, 0.4) is 0 Å². The summed E-state index contributed by atoms with van der Waals surface area (Å²) in [6.45, 7) is 1.95. The van der Waals surface area contributed by atoms with Gasteiger partial charge < -0.3 is 5.73 Å². The van der Waals surface area contributed by atoms with Crippen molar-refractivity contribution in [3.05, 3.63) is 33.8 Å². The zero-order valence-corrected chi connectivity index (χ0v) is 10.6. The van der Waals surface area contributed by atoms with Crippen LogP contribution in [-0.2, 0) is 6.42 Å². The van der Waals surface area contributed by atoms with Crippen LogP contribution in [0.1, 0.15) is 12.7 Å². The van der Waals surface area contributed by atoms with Crippen molar-refractivity contribution in [2.75, 3.05) is 0 Å². The van der Waals surface area contributed by atoms with E-state index < -0.39 is 0 Å². The Morgan fingerprint density at radius 2 is 2.33 bits per heavy atom. The lowest BCUT2D eigenvalue weighted by Crippen LogP contribution is -2.19. The molecule has 0 radical (unpaired) electrons. The molecule has 80 valence electrons. The van der Waals surface area contributed by atoms with Gasteiger partial charge in [-0.15, -0.1) is 0 Å². The van der Waals surface area contributed by atoms with Crippen LogP contribution in [0.5, 0.6) is 0 Å². The van der Waals surface area contributed by atoms with E-state index in [2.05, 4.69) is 20.9 Å². The number of hydrogen-bond donors (Lipinski definition) is 1. The first kappa shape index (κ1) is 10.9. The molecule has 0 spiro atoms. The summed E-state index contributed by atoms with van der Waals surface area (Å²) < 4.78 is 2.72. The molecule has 0 aliphatic rings. The summed E-state index contributed by atoms with van der Waals surface area (Å²) in [6, 6.07) is 5.78. The van der Waals surface area contributed by atoms with Crippen molar-refractivity contribution < 1.29 is 0 Å². The Labute approximate surface area is 101 Å². The molecule has 1 unspecified atom stereocenters. The van der Waals surface area contributed by atoms with E-state index in [1.54, 1.807) is 0 Å². The number of aromatic nitrogens is 2. The second-order valence-corrected chi connectivity index (χ2v) is 4.71. The largest absolute Gasteiger partial charge is 0.328 e. The number of fused-ring (bicyclic) bond motifs is 1. The standard InChI is InChI=1S/C10H11BrClN3/c1-6(13)5-9-14-10(11)7-3-2-4-8(12)15(7)9/h2-4,6H,5,13H2,1H3. The summed E-state index contributed by atoms with van der Waals surface area (Å²) in [5, 5.41) is 0.654. The van der Waals surface area contributed by atoms with Gasteiger partial charge in [0, 0.05) is 12.5 Å². The van der Waals surface area contributed by atoms with Crippen LogP contribution >= 0.6 is 27.5 Å². The third-order valence-corrected chi connectivity index (χ3v) is 3.02. The lowest BCUT2D eigenvalue weighted by molar-refractivity contribution is 0.699. The van der Waals surface area contributed by atoms with Gasteiger partial charge in [-0.05, 0) is 35.0 Å². The van der Waals surface area contributed by atoms with Gasteiger partial charge in [-0.3, -0.25) is 4.40 Å². The molecular formula is C10H11BrClN3. The molecule has 0 fully saturated rings. The van der Waals surface area contributed by atoms with E-state index in [4.69, 9.17) is 17.3 Å². The van der Waals surface area contributed by atoms with Crippen LogP contribution < -0.4 is 5.73 Å². The maximum absolute atomic E-state index is 6.12. The Kier molecular flexibility index (Phi) is 3.00. The highest BCUT2D eigenvalue weighted by molar-refractivity contribution is 9.10. The van der Waals surface area contributed by atoms with Gasteiger partial charge in [0.1, 0.15) is 15.6 Å². The molecule has 2 heterocycles. The van der Waals surface area contributed by atoms with Gasteiger partial charge in [-0.2, -0.15) is 0 Å². The van der Waals surface area contributed by atoms with Gasteiger partial charge in [0.05, 0.1) is 5.52 Å². The molecule has 5 heteroatoms. The fraction of sp³-hybridized carbons (Fsp3) is 0.300. The average molecular weight is 289 g/mol. The summed E-state index contributed by atoms with van der Waals surface area (Å²) in [5.74, 6) is 0.887. The Hall–Kier alpha value is -0.580. The molecule has 0 saturated carbocycles. The smallest absolute Gasteiger partial charge is 0.132 e. The summed E-state index contributed by atoms with van der Waals surface area (Å²) in [7, 11) is 0. The summed E-state index contributed by atoms with van der Waals surface area (Å²) in [6.07, 6.45) is 0.705. The monoisotopic (exact) mass is 287 g/mol. The Morgan fingerprint density at radius 3 is 3.00 bits per heavy atom.